The summed E-state index contributed by atoms with van der Waals surface area (Å²) in [5.41, 5.74) is -4.21. The van der Waals surface area contributed by atoms with E-state index in [9.17, 15) is 26.8 Å². The van der Waals surface area contributed by atoms with E-state index >= 15 is 0 Å². The fourth-order valence-electron chi connectivity index (χ4n) is 3.66. The topological polar surface area (TPSA) is 102 Å². The summed E-state index contributed by atoms with van der Waals surface area (Å²) in [5, 5.41) is 0. The number of hydrogen-bond acceptors (Lipinski definition) is 7. The number of sulfone groups is 1. The standard InChI is InChI=1S/C24H32BrF2N2O6S/c1-9-24(13-26)18(29(19(30)34-21(2,3)4)20(31)35-22(5,6)7)28-23(8,14-36(24,32)33)16-12-15(25)10-11-17(16)27/h10-12H,1,9,13-14H2,2-8H3/t23-,24-/m0/s1. The Labute approximate surface area is 219 Å². The summed E-state index contributed by atoms with van der Waals surface area (Å²) in [6.07, 6.45) is -3.25. The number of nitrogens with zero attached hydrogens (tertiary/aromatic N) is 2. The number of carbonyl (C=O) groups is 2. The Hall–Kier alpha value is -2.08. The predicted molar refractivity (Wildman–Crippen MR) is 136 cm³/mol. The molecular formula is C24H32BrF2N2O6S. The number of alkyl halides is 1. The van der Waals surface area contributed by atoms with Gasteiger partial charge in [-0.1, -0.05) is 22.9 Å². The van der Waals surface area contributed by atoms with Crippen LogP contribution in [0.25, 0.3) is 0 Å². The van der Waals surface area contributed by atoms with E-state index < -0.39 is 74.0 Å². The van der Waals surface area contributed by atoms with Crippen molar-refractivity contribution in [3.8, 4) is 0 Å². The van der Waals surface area contributed by atoms with Gasteiger partial charge in [0.15, 0.2) is 14.6 Å². The number of ether oxygens (including phenoxy) is 2. The maximum atomic E-state index is 14.9. The highest BCUT2D eigenvalue weighted by Gasteiger charge is 2.59. The van der Waals surface area contributed by atoms with Gasteiger partial charge in [0.2, 0.25) is 0 Å². The third-order valence-corrected chi connectivity index (χ3v) is 8.44. The Morgan fingerprint density at radius 1 is 1.14 bits per heavy atom. The maximum Gasteiger partial charge on any atom is 0.425 e. The number of aliphatic imine (C=N–C) groups is 1. The quantitative estimate of drug-likeness (QED) is 0.443. The Morgan fingerprint density at radius 2 is 1.64 bits per heavy atom. The molecule has 1 aromatic rings. The molecule has 201 valence electrons. The molecule has 12 heteroatoms. The van der Waals surface area contributed by atoms with Crippen LogP contribution in [-0.2, 0) is 24.8 Å². The summed E-state index contributed by atoms with van der Waals surface area (Å²) in [4.78, 5) is 31.3. The van der Waals surface area contributed by atoms with Crippen LogP contribution in [0.1, 0.15) is 60.5 Å². The number of carbonyl (C=O) groups excluding carboxylic acids is 2. The summed E-state index contributed by atoms with van der Waals surface area (Å²) in [6.45, 7) is 12.5. The molecule has 2 rings (SSSR count). The van der Waals surface area contributed by atoms with Gasteiger partial charge in [-0.05, 0) is 73.1 Å². The van der Waals surface area contributed by atoms with Crippen LogP contribution < -0.4 is 0 Å². The molecule has 0 aromatic heterocycles. The average molecular weight is 594 g/mol. The highest BCUT2D eigenvalue weighted by molar-refractivity contribution is 9.10. The largest absolute Gasteiger partial charge is 0.443 e. The zero-order valence-electron chi connectivity index (χ0n) is 21.4. The van der Waals surface area contributed by atoms with Crippen molar-refractivity contribution in [2.75, 3.05) is 12.4 Å². The van der Waals surface area contributed by atoms with E-state index in [0.717, 1.165) is 6.07 Å². The van der Waals surface area contributed by atoms with Crippen LogP contribution in [0.4, 0.5) is 18.4 Å². The second-order valence-electron chi connectivity index (χ2n) is 10.8. The lowest BCUT2D eigenvalue weighted by Crippen LogP contribution is -2.64. The molecule has 36 heavy (non-hydrogen) atoms. The monoisotopic (exact) mass is 593 g/mol. The number of halogens is 3. The van der Waals surface area contributed by atoms with Gasteiger partial charge in [-0.15, -0.1) is 0 Å². The first-order chi connectivity index (χ1) is 16.2. The van der Waals surface area contributed by atoms with Crippen molar-refractivity contribution in [1.29, 1.82) is 0 Å². The minimum atomic E-state index is -4.53. The van der Waals surface area contributed by atoms with Gasteiger partial charge in [0.05, 0.1) is 5.75 Å². The van der Waals surface area contributed by atoms with Crippen LogP contribution in [-0.4, -0.2) is 59.7 Å². The Kier molecular flexibility index (Phi) is 8.37. The average Bonchev–Trinajstić information content (AvgIpc) is 2.67. The Bertz CT molecular complexity index is 1140. The highest BCUT2D eigenvalue weighted by atomic mass is 79.9. The van der Waals surface area contributed by atoms with Crippen LogP contribution in [0, 0.1) is 12.7 Å². The van der Waals surface area contributed by atoms with Crippen molar-refractivity contribution >= 4 is 43.8 Å². The van der Waals surface area contributed by atoms with E-state index in [1.165, 1.54) is 60.6 Å². The van der Waals surface area contributed by atoms with Crippen molar-refractivity contribution < 1.29 is 36.3 Å². The SMILES string of the molecule is [CH2]C[C@]1(CF)C(N(C(=O)OC(C)(C)C)C(=O)OC(C)(C)C)=N[C@](C)(c2cc(Br)ccc2F)CS1(=O)=O. The van der Waals surface area contributed by atoms with Crippen molar-refractivity contribution in [3.63, 3.8) is 0 Å². The normalized spacial score (nSPS) is 24.0. The second-order valence-corrected chi connectivity index (χ2v) is 14.0. The van der Waals surface area contributed by atoms with Gasteiger partial charge in [-0.25, -0.2) is 26.8 Å². The van der Waals surface area contributed by atoms with Gasteiger partial charge in [-0.2, -0.15) is 4.90 Å². The van der Waals surface area contributed by atoms with Gasteiger partial charge in [-0.3, -0.25) is 4.99 Å². The van der Waals surface area contributed by atoms with E-state index in [-0.39, 0.29) is 10.5 Å². The van der Waals surface area contributed by atoms with E-state index in [1.54, 1.807) is 0 Å². The van der Waals surface area contributed by atoms with Crippen molar-refractivity contribution in [2.45, 2.75) is 76.4 Å². The van der Waals surface area contributed by atoms with Crippen LogP contribution in [0.2, 0.25) is 0 Å². The van der Waals surface area contributed by atoms with E-state index in [4.69, 9.17) is 9.47 Å². The molecule has 8 nitrogen and oxygen atoms in total. The number of hydrogen-bond donors (Lipinski definition) is 0. The fraction of sp³-hybridized carbons (Fsp3) is 0.583. The number of amides is 2. The molecule has 0 spiro atoms. The summed E-state index contributed by atoms with van der Waals surface area (Å²) >= 11 is 3.23. The van der Waals surface area contributed by atoms with E-state index in [0.29, 0.717) is 4.47 Å². The van der Waals surface area contributed by atoms with Gasteiger partial charge in [0.25, 0.3) is 0 Å². The molecular weight excluding hydrogens is 562 g/mol. The number of rotatable bonds is 3. The lowest BCUT2D eigenvalue weighted by atomic mass is 9.92. The van der Waals surface area contributed by atoms with Gasteiger partial charge in [0.1, 0.15) is 35.1 Å². The third-order valence-electron chi connectivity index (χ3n) is 5.32. The molecule has 1 heterocycles. The van der Waals surface area contributed by atoms with Crippen molar-refractivity contribution in [1.82, 2.24) is 4.90 Å². The third kappa shape index (κ3) is 6.07. The van der Waals surface area contributed by atoms with E-state index in [1.807, 2.05) is 0 Å². The van der Waals surface area contributed by atoms with E-state index in [2.05, 4.69) is 27.8 Å². The lowest BCUT2D eigenvalue weighted by molar-refractivity contribution is 0.0137. The summed E-state index contributed by atoms with van der Waals surface area (Å²) in [6, 6.07) is 3.87. The smallest absolute Gasteiger partial charge is 0.425 e. The molecule has 0 saturated carbocycles. The molecule has 0 saturated heterocycles. The van der Waals surface area contributed by atoms with Crippen LogP contribution >= 0.6 is 15.9 Å². The molecule has 1 aromatic carbocycles. The molecule has 0 unspecified atom stereocenters. The summed E-state index contributed by atoms with van der Waals surface area (Å²) in [5.74, 6) is -2.36. The first kappa shape index (κ1) is 30.1. The first-order valence-corrected chi connectivity index (χ1v) is 13.6. The lowest BCUT2D eigenvalue weighted by Gasteiger charge is -2.43. The van der Waals surface area contributed by atoms with Crippen LogP contribution in [0.3, 0.4) is 0 Å². The van der Waals surface area contributed by atoms with Gasteiger partial charge >= 0.3 is 12.2 Å². The molecule has 0 fully saturated rings. The molecule has 2 atom stereocenters. The second kappa shape index (κ2) is 10.00. The zero-order valence-corrected chi connectivity index (χ0v) is 23.8. The molecule has 2 amide bonds. The van der Waals surface area contributed by atoms with Crippen molar-refractivity contribution in [2.24, 2.45) is 4.99 Å². The predicted octanol–water partition coefficient (Wildman–Crippen LogP) is 5.73. The van der Waals surface area contributed by atoms with Gasteiger partial charge in [0, 0.05) is 10.0 Å². The van der Waals surface area contributed by atoms with Crippen LogP contribution in [0.15, 0.2) is 27.7 Å². The molecule has 1 radical (unpaired) electrons. The summed E-state index contributed by atoms with van der Waals surface area (Å²) < 4.78 is 65.6. The summed E-state index contributed by atoms with van der Waals surface area (Å²) in [7, 11) is -4.53. The Balaban J connectivity index is 2.95. The molecule has 0 bridgehead atoms. The van der Waals surface area contributed by atoms with Crippen LogP contribution in [0.5, 0.6) is 0 Å². The molecule has 1 aliphatic heterocycles. The zero-order chi connectivity index (χ0) is 27.9. The Morgan fingerprint density at radius 3 is 2.06 bits per heavy atom. The molecule has 1 aliphatic rings. The minimum absolute atomic E-state index is 0.136. The fourth-order valence-corrected chi connectivity index (χ4v) is 6.15. The highest BCUT2D eigenvalue weighted by Crippen LogP contribution is 2.42. The van der Waals surface area contributed by atoms with Gasteiger partial charge < -0.3 is 9.47 Å². The number of amidine groups is 1. The molecule has 0 aliphatic carbocycles. The first-order valence-electron chi connectivity index (χ1n) is 11.1. The number of imide groups is 1. The van der Waals surface area contributed by atoms with Crippen molar-refractivity contribution in [3.05, 3.63) is 41.0 Å². The molecule has 0 N–H and O–H groups in total. The maximum absolute atomic E-state index is 14.9. The number of benzene rings is 1. The minimum Gasteiger partial charge on any atom is -0.443 e.